The third-order valence-corrected chi connectivity index (χ3v) is 5.74. The lowest BCUT2D eigenvalue weighted by Gasteiger charge is -2.14. The Bertz CT molecular complexity index is 417. The lowest BCUT2D eigenvalue weighted by atomic mass is 9.93. The fourth-order valence-electron chi connectivity index (χ4n) is 3.42. The van der Waals surface area contributed by atoms with Gasteiger partial charge >= 0.3 is 11.9 Å². The SMILES string of the molecule is CCC(CCCCCCCCCC(=O)OCCC(C)C)CCC(=O)OCCC(C)C. The number of esters is 2. The van der Waals surface area contributed by atoms with Crippen molar-refractivity contribution in [1.82, 2.24) is 0 Å². The van der Waals surface area contributed by atoms with Crippen LogP contribution < -0.4 is 0 Å². The number of hydrogen-bond donors (Lipinski definition) is 0. The lowest BCUT2D eigenvalue weighted by molar-refractivity contribution is -0.145. The van der Waals surface area contributed by atoms with Gasteiger partial charge in [0.2, 0.25) is 0 Å². The molecule has 0 saturated heterocycles. The minimum Gasteiger partial charge on any atom is -0.466 e. The zero-order valence-electron chi connectivity index (χ0n) is 20.7. The van der Waals surface area contributed by atoms with Crippen molar-refractivity contribution in [2.24, 2.45) is 17.8 Å². The molecule has 0 aromatic carbocycles. The Labute approximate surface area is 186 Å². The predicted molar refractivity (Wildman–Crippen MR) is 125 cm³/mol. The molecule has 0 aliphatic rings. The largest absolute Gasteiger partial charge is 0.466 e. The highest BCUT2D eigenvalue weighted by Gasteiger charge is 2.11. The molecule has 0 amide bonds. The van der Waals surface area contributed by atoms with Crippen LogP contribution >= 0.6 is 0 Å². The van der Waals surface area contributed by atoms with Crippen LogP contribution in [-0.2, 0) is 19.1 Å². The first-order valence-corrected chi connectivity index (χ1v) is 12.7. The summed E-state index contributed by atoms with van der Waals surface area (Å²) in [6.45, 7) is 11.9. The molecule has 1 unspecified atom stereocenters. The van der Waals surface area contributed by atoms with Crippen LogP contribution in [0.25, 0.3) is 0 Å². The lowest BCUT2D eigenvalue weighted by Crippen LogP contribution is -2.10. The van der Waals surface area contributed by atoms with Crippen molar-refractivity contribution in [3.05, 3.63) is 0 Å². The van der Waals surface area contributed by atoms with Gasteiger partial charge in [0.1, 0.15) is 0 Å². The Morgan fingerprint density at radius 1 is 0.600 bits per heavy atom. The van der Waals surface area contributed by atoms with Crippen molar-refractivity contribution in [3.8, 4) is 0 Å². The molecule has 0 saturated carbocycles. The second-order valence-corrected chi connectivity index (χ2v) is 9.63. The first kappa shape index (κ1) is 28.9. The zero-order chi connectivity index (χ0) is 22.6. The minimum atomic E-state index is -0.0370. The number of hydrogen-bond acceptors (Lipinski definition) is 4. The summed E-state index contributed by atoms with van der Waals surface area (Å²) < 4.78 is 10.6. The van der Waals surface area contributed by atoms with Gasteiger partial charge in [-0.15, -0.1) is 0 Å². The molecule has 0 N–H and O–H groups in total. The summed E-state index contributed by atoms with van der Waals surface area (Å²) in [6.07, 6.45) is 14.7. The Morgan fingerprint density at radius 3 is 1.57 bits per heavy atom. The summed E-state index contributed by atoms with van der Waals surface area (Å²) in [5.41, 5.74) is 0. The number of ether oxygens (including phenoxy) is 2. The molecule has 4 nitrogen and oxygen atoms in total. The number of unbranched alkanes of at least 4 members (excludes halogenated alkanes) is 6. The van der Waals surface area contributed by atoms with E-state index in [0.717, 1.165) is 38.5 Å². The van der Waals surface area contributed by atoms with E-state index < -0.39 is 0 Å². The molecule has 0 aromatic heterocycles. The highest BCUT2D eigenvalue weighted by molar-refractivity contribution is 5.69. The van der Waals surface area contributed by atoms with Crippen molar-refractivity contribution in [3.63, 3.8) is 0 Å². The maximum absolute atomic E-state index is 11.8. The van der Waals surface area contributed by atoms with Crippen LogP contribution in [0.1, 0.15) is 125 Å². The van der Waals surface area contributed by atoms with Crippen molar-refractivity contribution >= 4 is 11.9 Å². The van der Waals surface area contributed by atoms with E-state index in [-0.39, 0.29) is 11.9 Å². The minimum absolute atomic E-state index is 0.0297. The maximum atomic E-state index is 11.8. The predicted octanol–water partition coefficient (Wildman–Crippen LogP) is 7.48. The molecule has 0 radical (unpaired) electrons. The normalized spacial score (nSPS) is 12.4. The van der Waals surface area contributed by atoms with E-state index in [1.807, 2.05) is 0 Å². The van der Waals surface area contributed by atoms with E-state index in [9.17, 15) is 9.59 Å². The molecule has 178 valence electrons. The second kappa shape index (κ2) is 19.9. The Balaban J connectivity index is 3.52. The highest BCUT2D eigenvalue weighted by Crippen LogP contribution is 2.20. The number of carbonyl (C=O) groups is 2. The van der Waals surface area contributed by atoms with Gasteiger partial charge in [0.05, 0.1) is 13.2 Å². The first-order valence-electron chi connectivity index (χ1n) is 12.7. The van der Waals surface area contributed by atoms with E-state index in [0.29, 0.717) is 43.8 Å². The van der Waals surface area contributed by atoms with Crippen molar-refractivity contribution in [2.75, 3.05) is 13.2 Å². The second-order valence-electron chi connectivity index (χ2n) is 9.63. The summed E-state index contributed by atoms with van der Waals surface area (Å²) in [7, 11) is 0. The molecule has 0 aromatic rings. The van der Waals surface area contributed by atoms with Crippen LogP contribution in [0.4, 0.5) is 0 Å². The van der Waals surface area contributed by atoms with Crippen LogP contribution in [0.15, 0.2) is 0 Å². The van der Waals surface area contributed by atoms with E-state index >= 15 is 0 Å². The van der Waals surface area contributed by atoms with Gasteiger partial charge < -0.3 is 9.47 Å². The van der Waals surface area contributed by atoms with E-state index in [4.69, 9.17) is 9.47 Å². The Morgan fingerprint density at radius 2 is 1.07 bits per heavy atom. The van der Waals surface area contributed by atoms with Gasteiger partial charge in [-0.05, 0) is 43.4 Å². The van der Waals surface area contributed by atoms with Gasteiger partial charge in [0.25, 0.3) is 0 Å². The van der Waals surface area contributed by atoms with Gasteiger partial charge in [-0.2, -0.15) is 0 Å². The van der Waals surface area contributed by atoms with Crippen LogP contribution in [0.5, 0.6) is 0 Å². The van der Waals surface area contributed by atoms with Crippen LogP contribution in [0.2, 0.25) is 0 Å². The maximum Gasteiger partial charge on any atom is 0.305 e. The fraction of sp³-hybridized carbons (Fsp3) is 0.923. The summed E-state index contributed by atoms with van der Waals surface area (Å²) in [6, 6.07) is 0. The van der Waals surface area contributed by atoms with Crippen LogP contribution in [0.3, 0.4) is 0 Å². The molecular weight excluding hydrogens is 376 g/mol. The summed E-state index contributed by atoms with van der Waals surface area (Å²) in [5, 5.41) is 0. The van der Waals surface area contributed by atoms with E-state index in [1.165, 1.54) is 38.5 Å². The molecule has 0 bridgehead atoms. The topological polar surface area (TPSA) is 52.6 Å². The molecule has 1 atom stereocenters. The van der Waals surface area contributed by atoms with Gasteiger partial charge in [-0.1, -0.05) is 86.0 Å². The van der Waals surface area contributed by atoms with Gasteiger partial charge in [0.15, 0.2) is 0 Å². The van der Waals surface area contributed by atoms with Crippen molar-refractivity contribution in [2.45, 2.75) is 125 Å². The Hall–Kier alpha value is -1.06. The monoisotopic (exact) mass is 426 g/mol. The molecular formula is C26H50O4. The van der Waals surface area contributed by atoms with E-state index in [1.54, 1.807) is 0 Å². The van der Waals surface area contributed by atoms with Crippen molar-refractivity contribution in [1.29, 1.82) is 0 Å². The molecule has 0 fully saturated rings. The third-order valence-electron chi connectivity index (χ3n) is 5.74. The summed E-state index contributed by atoms with van der Waals surface area (Å²) in [5.74, 6) is 1.74. The summed E-state index contributed by atoms with van der Waals surface area (Å²) >= 11 is 0. The standard InChI is InChI=1S/C26H50O4/c1-6-24(16-17-26(28)30-21-19-23(4)5)14-12-10-8-7-9-11-13-15-25(27)29-20-18-22(2)3/h22-24H,6-21H2,1-5H3. The van der Waals surface area contributed by atoms with Gasteiger partial charge in [-0.25, -0.2) is 0 Å². The zero-order valence-corrected chi connectivity index (χ0v) is 20.7. The van der Waals surface area contributed by atoms with Gasteiger partial charge in [0, 0.05) is 12.8 Å². The molecule has 0 aliphatic heterocycles. The molecule has 0 spiro atoms. The molecule has 0 heterocycles. The third kappa shape index (κ3) is 20.2. The van der Waals surface area contributed by atoms with E-state index in [2.05, 4.69) is 34.6 Å². The van der Waals surface area contributed by atoms with Crippen LogP contribution in [-0.4, -0.2) is 25.2 Å². The fourth-order valence-corrected chi connectivity index (χ4v) is 3.42. The highest BCUT2D eigenvalue weighted by atomic mass is 16.5. The smallest absolute Gasteiger partial charge is 0.305 e. The average Bonchev–Trinajstić information content (AvgIpc) is 2.68. The molecule has 0 rings (SSSR count). The summed E-state index contributed by atoms with van der Waals surface area (Å²) in [4.78, 5) is 23.4. The molecule has 4 heteroatoms. The quantitative estimate of drug-likeness (QED) is 0.149. The van der Waals surface area contributed by atoms with Gasteiger partial charge in [-0.3, -0.25) is 9.59 Å². The molecule has 30 heavy (non-hydrogen) atoms. The molecule has 0 aliphatic carbocycles. The average molecular weight is 427 g/mol. The first-order chi connectivity index (χ1) is 14.3. The van der Waals surface area contributed by atoms with Crippen LogP contribution in [0, 0.1) is 17.8 Å². The number of carbonyl (C=O) groups excluding carboxylic acids is 2. The number of rotatable bonds is 20. The van der Waals surface area contributed by atoms with Crippen molar-refractivity contribution < 1.29 is 19.1 Å². The Kier molecular flexibility index (Phi) is 19.2.